The van der Waals surface area contributed by atoms with E-state index in [9.17, 15) is 0 Å². The van der Waals surface area contributed by atoms with Crippen LogP contribution in [0, 0.1) is 6.92 Å². The van der Waals surface area contributed by atoms with Crippen LogP contribution < -0.4 is 0 Å². The second-order valence-electron chi connectivity index (χ2n) is 6.52. The lowest BCUT2D eigenvalue weighted by Gasteiger charge is -2.33. The Balaban J connectivity index is 1.57. The predicted octanol–water partition coefficient (Wildman–Crippen LogP) is 4.84. The molecule has 1 aliphatic heterocycles. The molecule has 1 saturated heterocycles. The summed E-state index contributed by atoms with van der Waals surface area (Å²) in [7, 11) is 0. The summed E-state index contributed by atoms with van der Waals surface area (Å²) in [6, 6.07) is 14.3. The van der Waals surface area contributed by atoms with Crippen LogP contribution in [0.2, 0.25) is 10.0 Å². The van der Waals surface area contributed by atoms with E-state index in [2.05, 4.69) is 41.1 Å². The monoisotopic (exact) mass is 375 g/mol. The molecule has 25 heavy (non-hydrogen) atoms. The molecular formula is C20H23Cl2N3. The van der Waals surface area contributed by atoms with E-state index in [1.165, 1.54) is 11.1 Å². The molecule has 0 spiro atoms. The zero-order valence-corrected chi connectivity index (χ0v) is 16.2. The smallest absolute Gasteiger partial charge is 0.0661 e. The summed E-state index contributed by atoms with van der Waals surface area (Å²) in [4.78, 5) is 2.47. The first kappa shape index (κ1) is 18.2. The fourth-order valence-corrected chi connectivity index (χ4v) is 3.54. The maximum absolute atomic E-state index is 6.27. The molecule has 2 aromatic rings. The van der Waals surface area contributed by atoms with Gasteiger partial charge in [0.2, 0.25) is 0 Å². The number of halogens is 2. The van der Waals surface area contributed by atoms with Crippen LogP contribution in [0.15, 0.2) is 47.6 Å². The van der Waals surface area contributed by atoms with Gasteiger partial charge in [-0.25, -0.2) is 0 Å². The van der Waals surface area contributed by atoms with Gasteiger partial charge >= 0.3 is 0 Å². The lowest BCUT2D eigenvalue weighted by atomic mass is 10.1. The van der Waals surface area contributed by atoms with Crippen molar-refractivity contribution in [3.63, 3.8) is 0 Å². The molecule has 0 amide bonds. The fourth-order valence-electron chi connectivity index (χ4n) is 3.00. The summed E-state index contributed by atoms with van der Waals surface area (Å²) < 4.78 is 0. The van der Waals surface area contributed by atoms with Crippen molar-refractivity contribution >= 4 is 28.9 Å². The van der Waals surface area contributed by atoms with Crippen LogP contribution in [0.4, 0.5) is 0 Å². The number of hydrogen-bond donors (Lipinski definition) is 0. The van der Waals surface area contributed by atoms with E-state index in [4.69, 9.17) is 28.3 Å². The standard InChI is InChI=1S/C20H23Cl2N3/c1-15-3-5-17(6-4-15)14-24-9-11-25(12-10-24)23-16(2)19-8-7-18(21)13-20(19)22/h3-8,13H,9-12,14H2,1-2H3/b23-16-. The highest BCUT2D eigenvalue weighted by atomic mass is 35.5. The number of benzene rings is 2. The van der Waals surface area contributed by atoms with Gasteiger partial charge in [-0.05, 0) is 31.5 Å². The maximum Gasteiger partial charge on any atom is 0.0661 e. The molecule has 3 rings (SSSR count). The molecule has 3 nitrogen and oxygen atoms in total. The van der Waals surface area contributed by atoms with Crippen molar-refractivity contribution in [1.82, 2.24) is 9.91 Å². The number of aryl methyl sites for hydroxylation is 1. The fraction of sp³-hybridized carbons (Fsp3) is 0.350. The van der Waals surface area contributed by atoms with Gasteiger partial charge in [0.1, 0.15) is 0 Å². The molecule has 0 aliphatic carbocycles. The van der Waals surface area contributed by atoms with Gasteiger partial charge in [0.05, 0.1) is 10.7 Å². The summed E-state index contributed by atoms with van der Waals surface area (Å²) >= 11 is 12.2. The van der Waals surface area contributed by atoms with Gasteiger partial charge in [0, 0.05) is 43.3 Å². The van der Waals surface area contributed by atoms with Crippen molar-refractivity contribution in [3.05, 3.63) is 69.2 Å². The Morgan fingerprint density at radius 2 is 1.68 bits per heavy atom. The lowest BCUT2D eigenvalue weighted by molar-refractivity contribution is 0.130. The molecule has 5 heteroatoms. The van der Waals surface area contributed by atoms with Gasteiger partial charge in [-0.1, -0.05) is 59.1 Å². The lowest BCUT2D eigenvalue weighted by Crippen LogP contribution is -2.43. The minimum Gasteiger partial charge on any atom is -0.295 e. The van der Waals surface area contributed by atoms with Gasteiger partial charge in [0.15, 0.2) is 0 Å². The first-order valence-electron chi connectivity index (χ1n) is 8.55. The van der Waals surface area contributed by atoms with E-state index in [1.807, 2.05) is 19.1 Å². The van der Waals surface area contributed by atoms with Gasteiger partial charge in [-0.2, -0.15) is 5.10 Å². The first-order valence-corrected chi connectivity index (χ1v) is 9.30. The normalized spacial score (nSPS) is 16.3. The van der Waals surface area contributed by atoms with Crippen LogP contribution >= 0.6 is 23.2 Å². The third kappa shape index (κ3) is 4.97. The average molecular weight is 376 g/mol. The van der Waals surface area contributed by atoms with Gasteiger partial charge in [-0.15, -0.1) is 0 Å². The highest BCUT2D eigenvalue weighted by molar-refractivity contribution is 6.36. The van der Waals surface area contributed by atoms with E-state index in [0.29, 0.717) is 10.0 Å². The molecule has 132 valence electrons. The van der Waals surface area contributed by atoms with E-state index in [0.717, 1.165) is 44.0 Å². The Labute approximate surface area is 159 Å². The summed E-state index contributed by atoms with van der Waals surface area (Å²) in [6.45, 7) is 8.99. The molecule has 0 saturated carbocycles. The van der Waals surface area contributed by atoms with Gasteiger partial charge in [0.25, 0.3) is 0 Å². The topological polar surface area (TPSA) is 18.8 Å². The minimum atomic E-state index is 0.645. The number of nitrogens with zero attached hydrogens (tertiary/aromatic N) is 3. The number of piperazine rings is 1. The number of rotatable bonds is 4. The predicted molar refractivity (Wildman–Crippen MR) is 107 cm³/mol. The van der Waals surface area contributed by atoms with Crippen LogP contribution in [0.1, 0.15) is 23.6 Å². The van der Waals surface area contributed by atoms with Crippen LogP contribution in [0.25, 0.3) is 0 Å². The number of hydrogen-bond acceptors (Lipinski definition) is 3. The van der Waals surface area contributed by atoms with Crippen molar-refractivity contribution in [3.8, 4) is 0 Å². The molecule has 1 aliphatic rings. The van der Waals surface area contributed by atoms with Crippen molar-refractivity contribution in [2.75, 3.05) is 26.2 Å². The second kappa shape index (κ2) is 8.22. The highest BCUT2D eigenvalue weighted by Gasteiger charge is 2.16. The van der Waals surface area contributed by atoms with Crippen LogP contribution in [0.3, 0.4) is 0 Å². The van der Waals surface area contributed by atoms with E-state index < -0.39 is 0 Å². The van der Waals surface area contributed by atoms with Gasteiger partial charge < -0.3 is 0 Å². The van der Waals surface area contributed by atoms with Crippen molar-refractivity contribution in [1.29, 1.82) is 0 Å². The molecule has 0 unspecified atom stereocenters. The minimum absolute atomic E-state index is 0.645. The summed E-state index contributed by atoms with van der Waals surface area (Å²) in [5.41, 5.74) is 4.53. The Kier molecular flexibility index (Phi) is 6.00. The van der Waals surface area contributed by atoms with Crippen molar-refractivity contribution in [2.24, 2.45) is 5.10 Å². The highest BCUT2D eigenvalue weighted by Crippen LogP contribution is 2.22. The Morgan fingerprint density at radius 3 is 2.32 bits per heavy atom. The zero-order valence-electron chi connectivity index (χ0n) is 14.7. The SMILES string of the molecule is C/C(=N/N1CCN(Cc2ccc(C)cc2)CC1)c1ccc(Cl)cc1Cl. The molecule has 0 aromatic heterocycles. The second-order valence-corrected chi connectivity index (χ2v) is 7.37. The molecular weight excluding hydrogens is 353 g/mol. The molecule has 0 N–H and O–H groups in total. The van der Waals surface area contributed by atoms with Crippen molar-refractivity contribution < 1.29 is 0 Å². The molecule has 2 aromatic carbocycles. The Hall–Kier alpha value is -1.55. The molecule has 1 heterocycles. The third-order valence-corrected chi connectivity index (χ3v) is 5.04. The van der Waals surface area contributed by atoms with E-state index in [1.54, 1.807) is 6.07 Å². The van der Waals surface area contributed by atoms with Gasteiger partial charge in [-0.3, -0.25) is 9.91 Å². The number of hydrazone groups is 1. The zero-order chi connectivity index (χ0) is 17.8. The summed E-state index contributed by atoms with van der Waals surface area (Å²) in [5.74, 6) is 0. The summed E-state index contributed by atoms with van der Waals surface area (Å²) in [5, 5.41) is 8.17. The summed E-state index contributed by atoms with van der Waals surface area (Å²) in [6.07, 6.45) is 0. The average Bonchev–Trinajstić information content (AvgIpc) is 2.58. The Bertz CT molecular complexity index is 748. The molecule has 1 fully saturated rings. The molecule has 0 atom stereocenters. The van der Waals surface area contributed by atoms with Crippen LogP contribution in [-0.2, 0) is 6.54 Å². The molecule has 0 bridgehead atoms. The van der Waals surface area contributed by atoms with Crippen LogP contribution in [-0.4, -0.2) is 41.8 Å². The van der Waals surface area contributed by atoms with Crippen molar-refractivity contribution in [2.45, 2.75) is 20.4 Å². The van der Waals surface area contributed by atoms with E-state index in [-0.39, 0.29) is 0 Å². The Morgan fingerprint density at radius 1 is 1.00 bits per heavy atom. The van der Waals surface area contributed by atoms with Crippen LogP contribution in [0.5, 0.6) is 0 Å². The first-order chi connectivity index (χ1) is 12.0. The molecule has 0 radical (unpaired) electrons. The van der Waals surface area contributed by atoms with E-state index >= 15 is 0 Å². The third-order valence-electron chi connectivity index (χ3n) is 4.49. The maximum atomic E-state index is 6.27. The quantitative estimate of drug-likeness (QED) is 0.711. The largest absolute Gasteiger partial charge is 0.295 e.